The van der Waals surface area contributed by atoms with Gasteiger partial charge in [0, 0.05) is 17.0 Å². The lowest BCUT2D eigenvalue weighted by molar-refractivity contribution is -0.121. The van der Waals surface area contributed by atoms with Crippen LogP contribution < -0.4 is 10.1 Å². The largest absolute Gasteiger partial charge is 0.494 e. The molecule has 0 radical (unpaired) electrons. The van der Waals surface area contributed by atoms with E-state index >= 15 is 0 Å². The van der Waals surface area contributed by atoms with Crippen molar-refractivity contribution < 1.29 is 9.53 Å². The second kappa shape index (κ2) is 10.9. The molecule has 1 aliphatic carbocycles. The second-order valence-corrected chi connectivity index (χ2v) is 11.1. The van der Waals surface area contributed by atoms with E-state index in [0.29, 0.717) is 13.2 Å². The average Bonchev–Trinajstić information content (AvgIpc) is 3.45. The lowest BCUT2D eigenvalue weighted by Crippen LogP contribution is -2.30. The highest BCUT2D eigenvalue weighted by atomic mass is 32.2. The molecule has 4 aromatic rings. The lowest BCUT2D eigenvalue weighted by atomic mass is 9.90. The van der Waals surface area contributed by atoms with E-state index in [4.69, 9.17) is 9.72 Å². The van der Waals surface area contributed by atoms with Crippen molar-refractivity contribution in [2.75, 3.05) is 13.2 Å². The number of nitrogens with zero attached hydrogens (tertiary/aromatic N) is 1. The molecule has 1 N–H and O–H groups in total. The summed E-state index contributed by atoms with van der Waals surface area (Å²) in [5, 5.41) is 3.16. The monoisotopic (exact) mass is 514 g/mol. The summed E-state index contributed by atoms with van der Waals surface area (Å²) in [5.41, 5.74) is 6.71. The molecule has 1 amide bonds. The van der Waals surface area contributed by atoms with Gasteiger partial charge in [-0.1, -0.05) is 61.2 Å². The number of hydrogen-bond donors (Lipinski definition) is 1. The summed E-state index contributed by atoms with van der Waals surface area (Å²) in [7, 11) is 0. The van der Waals surface area contributed by atoms with Crippen LogP contribution in [0.15, 0.2) is 76.0 Å². The molecule has 1 heterocycles. The van der Waals surface area contributed by atoms with Gasteiger partial charge in [0.05, 0.1) is 22.7 Å². The number of ether oxygens (including phenoxy) is 1. The van der Waals surface area contributed by atoms with Gasteiger partial charge in [0.2, 0.25) is 5.91 Å². The molecule has 0 spiro atoms. The number of hydrogen-bond acceptors (Lipinski definition) is 5. The first-order valence-corrected chi connectivity index (χ1v) is 14.1. The van der Waals surface area contributed by atoms with Gasteiger partial charge in [-0.25, -0.2) is 4.98 Å². The number of nitrogens with one attached hydrogen (secondary N) is 1. The number of benzene rings is 3. The molecule has 0 fully saturated rings. The Morgan fingerprint density at radius 3 is 2.83 bits per heavy atom. The van der Waals surface area contributed by atoms with Crippen LogP contribution >= 0.6 is 23.1 Å². The maximum absolute atomic E-state index is 13.5. The predicted molar refractivity (Wildman–Crippen MR) is 150 cm³/mol. The quantitative estimate of drug-likeness (QED) is 0.234. The number of allylic oxidation sites excluding steroid dienone is 2. The first-order chi connectivity index (χ1) is 17.6. The first-order valence-electron chi connectivity index (χ1n) is 12.5. The molecule has 4 nitrogen and oxygen atoms in total. The second-order valence-electron chi connectivity index (χ2n) is 8.74. The van der Waals surface area contributed by atoms with E-state index in [1.807, 2.05) is 32.0 Å². The minimum atomic E-state index is -0.298. The van der Waals surface area contributed by atoms with Crippen molar-refractivity contribution in [2.24, 2.45) is 0 Å². The predicted octanol–water partition coefficient (Wildman–Crippen LogP) is 7.60. The number of rotatable bonds is 9. The summed E-state index contributed by atoms with van der Waals surface area (Å²) in [5.74, 6) is 0.650. The molecule has 0 bridgehead atoms. The molecule has 1 unspecified atom stereocenters. The topological polar surface area (TPSA) is 51.2 Å². The van der Waals surface area contributed by atoms with Gasteiger partial charge in [-0.05, 0) is 73.2 Å². The van der Waals surface area contributed by atoms with Gasteiger partial charge in [0.15, 0.2) is 4.34 Å². The zero-order chi connectivity index (χ0) is 25.1. The fraction of sp³-hybridized carbons (Fsp3) is 0.267. The zero-order valence-corrected chi connectivity index (χ0v) is 22.5. The lowest BCUT2D eigenvalue weighted by Gasteiger charge is -2.18. The Bertz CT molecular complexity index is 1440. The summed E-state index contributed by atoms with van der Waals surface area (Å²) >= 11 is 3.36. The van der Waals surface area contributed by atoms with Gasteiger partial charge in [-0.2, -0.15) is 0 Å². The number of thiazole rings is 1. The minimum Gasteiger partial charge on any atom is -0.494 e. The van der Waals surface area contributed by atoms with Gasteiger partial charge in [0.1, 0.15) is 5.75 Å². The van der Waals surface area contributed by atoms with Crippen molar-refractivity contribution in [3.05, 3.63) is 83.4 Å². The zero-order valence-electron chi connectivity index (χ0n) is 20.8. The van der Waals surface area contributed by atoms with Crippen LogP contribution in [0.5, 0.6) is 5.75 Å². The third kappa shape index (κ3) is 4.67. The average molecular weight is 515 g/mol. The summed E-state index contributed by atoms with van der Waals surface area (Å²) in [6.07, 6.45) is 5.95. The molecular weight excluding hydrogens is 484 g/mol. The van der Waals surface area contributed by atoms with Crippen molar-refractivity contribution in [3.63, 3.8) is 0 Å². The standard InChI is InChI=1S/C30H30N2O2S2/c1-4-7-10-19-13-16-24(35-30-32-23-15-14-20(34-6-3)18-25(23)36-30)27-21-11-8-9-12-22(21)28(26(19)27)29(33)31-17-5-2/h4,7-9,11-16,18,28H,5-6,10,17H2,1-3H3,(H,31,33). The summed E-state index contributed by atoms with van der Waals surface area (Å²) in [6, 6.07) is 18.8. The number of carbonyl (C=O) groups excluding carboxylic acids is 1. The van der Waals surface area contributed by atoms with E-state index in [9.17, 15) is 4.79 Å². The molecule has 0 saturated carbocycles. The highest BCUT2D eigenvalue weighted by Crippen LogP contribution is 2.52. The Morgan fingerprint density at radius 1 is 1.17 bits per heavy atom. The number of carbonyl (C=O) groups is 1. The first kappa shape index (κ1) is 24.6. The molecule has 1 aliphatic rings. The van der Waals surface area contributed by atoms with E-state index in [0.717, 1.165) is 54.7 Å². The van der Waals surface area contributed by atoms with Gasteiger partial charge in [-0.15, -0.1) is 11.3 Å². The van der Waals surface area contributed by atoms with Crippen LogP contribution in [0.2, 0.25) is 0 Å². The third-order valence-electron chi connectivity index (χ3n) is 6.36. The summed E-state index contributed by atoms with van der Waals surface area (Å²) in [6.45, 7) is 7.43. The molecule has 5 rings (SSSR count). The fourth-order valence-electron chi connectivity index (χ4n) is 4.79. The smallest absolute Gasteiger partial charge is 0.232 e. The number of amides is 1. The van der Waals surface area contributed by atoms with Crippen molar-refractivity contribution in [1.29, 1.82) is 0 Å². The molecule has 0 aliphatic heterocycles. The van der Waals surface area contributed by atoms with E-state index in [2.05, 4.69) is 60.8 Å². The SMILES string of the molecule is CC=CCc1ccc(Sc2nc3ccc(OCC)cc3s2)c2c1C(C(=O)NCCC)c1ccccc1-2. The maximum atomic E-state index is 13.5. The minimum absolute atomic E-state index is 0.0790. The van der Waals surface area contributed by atoms with Crippen LogP contribution in [0, 0.1) is 0 Å². The Labute approximate surface area is 220 Å². The molecular formula is C30H30N2O2S2. The molecule has 1 aromatic heterocycles. The molecule has 3 aromatic carbocycles. The molecule has 0 saturated heterocycles. The van der Waals surface area contributed by atoms with Gasteiger partial charge < -0.3 is 10.1 Å². The fourth-order valence-corrected chi connectivity index (χ4v) is 7.01. The molecule has 184 valence electrons. The van der Waals surface area contributed by atoms with Gasteiger partial charge in [0.25, 0.3) is 0 Å². The van der Waals surface area contributed by atoms with E-state index < -0.39 is 0 Å². The Balaban J connectivity index is 1.61. The molecule has 6 heteroatoms. The van der Waals surface area contributed by atoms with Crippen LogP contribution in [-0.4, -0.2) is 24.0 Å². The van der Waals surface area contributed by atoms with Crippen LogP contribution in [0.3, 0.4) is 0 Å². The van der Waals surface area contributed by atoms with Crippen LogP contribution in [0.4, 0.5) is 0 Å². The van der Waals surface area contributed by atoms with Crippen LogP contribution in [0.1, 0.15) is 49.8 Å². The Morgan fingerprint density at radius 2 is 2.03 bits per heavy atom. The van der Waals surface area contributed by atoms with Crippen LogP contribution in [0.25, 0.3) is 21.3 Å². The summed E-state index contributed by atoms with van der Waals surface area (Å²) in [4.78, 5) is 19.5. The van der Waals surface area contributed by atoms with Gasteiger partial charge in [-0.3, -0.25) is 4.79 Å². The van der Waals surface area contributed by atoms with Gasteiger partial charge >= 0.3 is 0 Å². The highest BCUT2D eigenvalue weighted by molar-refractivity contribution is 8.01. The van der Waals surface area contributed by atoms with E-state index in [-0.39, 0.29) is 11.8 Å². The normalized spacial score (nSPS) is 14.2. The maximum Gasteiger partial charge on any atom is 0.232 e. The number of aromatic nitrogens is 1. The van der Waals surface area contributed by atoms with Crippen LogP contribution in [-0.2, 0) is 11.2 Å². The van der Waals surface area contributed by atoms with Crippen molar-refractivity contribution >= 4 is 39.2 Å². The van der Waals surface area contributed by atoms with Crippen molar-refractivity contribution in [2.45, 2.75) is 48.8 Å². The van der Waals surface area contributed by atoms with E-state index in [1.54, 1.807) is 23.1 Å². The Kier molecular flexibility index (Phi) is 7.44. The molecule has 36 heavy (non-hydrogen) atoms. The molecule has 1 atom stereocenters. The van der Waals surface area contributed by atoms with E-state index in [1.165, 1.54) is 11.1 Å². The Hall–Kier alpha value is -3.09. The number of fused-ring (bicyclic) bond motifs is 4. The van der Waals surface area contributed by atoms with Crippen molar-refractivity contribution in [3.8, 4) is 16.9 Å². The highest BCUT2D eigenvalue weighted by Gasteiger charge is 2.37. The van der Waals surface area contributed by atoms with Crippen molar-refractivity contribution in [1.82, 2.24) is 10.3 Å². The third-order valence-corrected chi connectivity index (χ3v) is 8.50. The summed E-state index contributed by atoms with van der Waals surface area (Å²) < 4.78 is 7.77.